The average molecular weight is 219 g/mol. The van der Waals surface area contributed by atoms with Crippen molar-refractivity contribution in [2.24, 2.45) is 0 Å². The van der Waals surface area contributed by atoms with E-state index in [0.717, 1.165) is 0 Å². The molecule has 0 fully saturated rings. The van der Waals surface area contributed by atoms with Crippen LogP contribution in [0.2, 0.25) is 0 Å². The van der Waals surface area contributed by atoms with Crippen molar-refractivity contribution in [1.29, 1.82) is 0 Å². The fraction of sp³-hybridized carbons (Fsp3) is 0.778. The number of carboxylic acids is 1. The number of aliphatic hydroxyl groups excluding tert-OH is 1. The van der Waals surface area contributed by atoms with Gasteiger partial charge < -0.3 is 20.0 Å². The van der Waals surface area contributed by atoms with Gasteiger partial charge in [0.15, 0.2) is 0 Å². The number of rotatable bonds is 6. The first-order valence-electron chi connectivity index (χ1n) is 4.68. The Morgan fingerprint density at radius 3 is 2.27 bits per heavy atom. The Bertz CT molecular complexity index is 235. The lowest BCUT2D eigenvalue weighted by molar-refractivity contribution is -0.873. The van der Waals surface area contributed by atoms with Crippen molar-refractivity contribution in [3.63, 3.8) is 0 Å². The quantitative estimate of drug-likeness (QED) is 0.482. The van der Waals surface area contributed by atoms with E-state index in [9.17, 15) is 14.7 Å². The van der Waals surface area contributed by atoms with Crippen LogP contribution in [0.15, 0.2) is 0 Å². The Labute approximate surface area is 89.1 Å². The number of carbonyl (C=O) groups is 2. The first-order chi connectivity index (χ1) is 6.70. The van der Waals surface area contributed by atoms with Gasteiger partial charge in [-0.05, 0) is 0 Å². The number of aliphatic carboxylic acids is 1. The zero-order valence-electron chi connectivity index (χ0n) is 9.36. The molecule has 1 amide bonds. The first-order valence-corrected chi connectivity index (χ1v) is 4.68. The minimum absolute atomic E-state index is 0.0667. The highest BCUT2D eigenvalue weighted by Crippen LogP contribution is 1.98. The zero-order chi connectivity index (χ0) is 12.1. The van der Waals surface area contributed by atoms with E-state index in [2.05, 4.69) is 5.32 Å². The molecule has 3 N–H and O–H groups in total. The van der Waals surface area contributed by atoms with E-state index in [1.165, 1.54) is 0 Å². The number of hydrogen-bond donors (Lipinski definition) is 3. The minimum Gasteiger partial charge on any atom is -0.480 e. The van der Waals surface area contributed by atoms with Crippen molar-refractivity contribution in [2.45, 2.75) is 12.5 Å². The SMILES string of the molecule is C[N+](C)(C)CC(O)CC(=O)NCC(=O)O. The van der Waals surface area contributed by atoms with Crippen molar-refractivity contribution in [3.8, 4) is 0 Å². The molecule has 0 aromatic rings. The molecule has 88 valence electrons. The summed E-state index contributed by atoms with van der Waals surface area (Å²) in [5.74, 6) is -1.54. The smallest absolute Gasteiger partial charge is 0.322 e. The van der Waals surface area contributed by atoms with E-state index >= 15 is 0 Å². The second kappa shape index (κ2) is 5.67. The summed E-state index contributed by atoms with van der Waals surface area (Å²) in [6.07, 6.45) is -0.818. The molecule has 1 unspecified atom stereocenters. The van der Waals surface area contributed by atoms with Gasteiger partial charge in [0.25, 0.3) is 0 Å². The number of nitrogens with zero attached hydrogens (tertiary/aromatic N) is 1. The molecule has 6 heteroatoms. The van der Waals surface area contributed by atoms with Crippen molar-refractivity contribution in [1.82, 2.24) is 5.32 Å². The highest BCUT2D eigenvalue weighted by atomic mass is 16.4. The Balaban J connectivity index is 3.81. The molecule has 0 aliphatic rings. The zero-order valence-corrected chi connectivity index (χ0v) is 9.36. The summed E-state index contributed by atoms with van der Waals surface area (Å²) in [5, 5.41) is 20.0. The van der Waals surface area contributed by atoms with Crippen LogP contribution in [0.25, 0.3) is 0 Å². The molecule has 0 aromatic carbocycles. The number of aliphatic hydroxyl groups is 1. The standard InChI is InChI=1S/C9H18N2O4/c1-11(2,3)6-7(12)4-8(13)10-5-9(14)15/h7,12H,4-6H2,1-3H3,(H-,10,13,14,15)/p+1. The summed E-state index contributed by atoms with van der Waals surface area (Å²) in [7, 11) is 5.70. The molecule has 0 spiro atoms. The summed E-state index contributed by atoms with van der Waals surface area (Å²) in [4.78, 5) is 21.2. The number of carboxylic acid groups (broad SMARTS) is 1. The van der Waals surface area contributed by atoms with Crippen LogP contribution in [0.5, 0.6) is 0 Å². The lowest BCUT2D eigenvalue weighted by atomic mass is 10.2. The van der Waals surface area contributed by atoms with Crippen molar-refractivity contribution in [2.75, 3.05) is 34.2 Å². The number of nitrogens with one attached hydrogen (secondary N) is 1. The van der Waals surface area contributed by atoms with Crippen molar-refractivity contribution >= 4 is 11.9 Å². The Hall–Kier alpha value is -1.14. The molecule has 1 atom stereocenters. The molecule has 0 aromatic heterocycles. The van der Waals surface area contributed by atoms with Gasteiger partial charge in [-0.2, -0.15) is 0 Å². The van der Waals surface area contributed by atoms with Gasteiger partial charge in [-0.1, -0.05) is 0 Å². The summed E-state index contributed by atoms with van der Waals surface area (Å²) in [5.41, 5.74) is 0. The van der Waals surface area contributed by atoms with Crippen LogP contribution in [-0.4, -0.2) is 66.9 Å². The molecule has 0 rings (SSSR count). The lowest BCUT2D eigenvalue weighted by Gasteiger charge is -2.26. The summed E-state index contributed by atoms with van der Waals surface area (Å²) in [6, 6.07) is 0. The predicted molar refractivity (Wildman–Crippen MR) is 54.2 cm³/mol. The van der Waals surface area contributed by atoms with E-state index in [0.29, 0.717) is 11.0 Å². The third-order valence-electron chi connectivity index (χ3n) is 1.62. The minimum atomic E-state index is -1.09. The Morgan fingerprint density at radius 1 is 1.33 bits per heavy atom. The van der Waals surface area contributed by atoms with E-state index in [-0.39, 0.29) is 6.42 Å². The lowest BCUT2D eigenvalue weighted by Crippen LogP contribution is -2.43. The van der Waals surface area contributed by atoms with Crippen LogP contribution >= 0.6 is 0 Å². The third kappa shape index (κ3) is 9.17. The van der Waals surface area contributed by atoms with Gasteiger partial charge in [-0.25, -0.2) is 0 Å². The number of carbonyl (C=O) groups excluding carboxylic acids is 1. The van der Waals surface area contributed by atoms with Gasteiger partial charge in [0.2, 0.25) is 5.91 Å². The van der Waals surface area contributed by atoms with Gasteiger partial charge in [-0.15, -0.1) is 0 Å². The van der Waals surface area contributed by atoms with Crippen molar-refractivity contribution < 1.29 is 24.3 Å². The summed E-state index contributed by atoms with van der Waals surface area (Å²) in [6.45, 7) is 0.0381. The van der Waals surface area contributed by atoms with Crippen LogP contribution in [0.3, 0.4) is 0 Å². The molecule has 6 nitrogen and oxygen atoms in total. The number of quaternary nitrogens is 1. The monoisotopic (exact) mass is 219 g/mol. The second-order valence-corrected chi connectivity index (χ2v) is 4.50. The maximum Gasteiger partial charge on any atom is 0.322 e. The molecule has 0 saturated carbocycles. The molecule has 0 saturated heterocycles. The molecule has 0 heterocycles. The summed E-state index contributed by atoms with van der Waals surface area (Å²) < 4.78 is 0.549. The number of hydrogen-bond acceptors (Lipinski definition) is 3. The molecule has 0 aliphatic heterocycles. The van der Waals surface area contributed by atoms with Crippen LogP contribution in [0.4, 0.5) is 0 Å². The van der Waals surface area contributed by atoms with E-state index in [4.69, 9.17) is 5.11 Å². The first kappa shape index (κ1) is 13.9. The fourth-order valence-electron chi connectivity index (χ4n) is 1.16. The Kier molecular flexibility index (Phi) is 5.24. The van der Waals surface area contributed by atoms with E-state index in [1.54, 1.807) is 0 Å². The maximum atomic E-state index is 11.1. The number of amides is 1. The number of likely N-dealkylation sites (N-methyl/N-ethyl adjacent to an activating group) is 1. The fourth-order valence-corrected chi connectivity index (χ4v) is 1.16. The maximum absolute atomic E-state index is 11.1. The Morgan fingerprint density at radius 2 is 1.87 bits per heavy atom. The van der Waals surface area contributed by atoms with Crippen LogP contribution in [0, 0.1) is 0 Å². The molecule has 15 heavy (non-hydrogen) atoms. The normalized spacial score (nSPS) is 13.3. The van der Waals surface area contributed by atoms with Crippen LogP contribution in [-0.2, 0) is 9.59 Å². The largest absolute Gasteiger partial charge is 0.480 e. The van der Waals surface area contributed by atoms with Gasteiger partial charge in [0.05, 0.1) is 27.6 Å². The van der Waals surface area contributed by atoms with Crippen LogP contribution < -0.4 is 5.32 Å². The van der Waals surface area contributed by atoms with Gasteiger partial charge in [-0.3, -0.25) is 9.59 Å². The molecule has 0 radical (unpaired) electrons. The topological polar surface area (TPSA) is 86.6 Å². The van der Waals surface area contributed by atoms with Gasteiger partial charge in [0.1, 0.15) is 19.2 Å². The highest BCUT2D eigenvalue weighted by molar-refractivity contribution is 5.81. The second-order valence-electron chi connectivity index (χ2n) is 4.50. The molecular weight excluding hydrogens is 200 g/mol. The third-order valence-corrected chi connectivity index (χ3v) is 1.62. The highest BCUT2D eigenvalue weighted by Gasteiger charge is 2.18. The predicted octanol–water partition coefficient (Wildman–Crippen LogP) is -1.36. The van der Waals surface area contributed by atoms with Crippen LogP contribution in [0.1, 0.15) is 6.42 Å². The summed E-state index contributed by atoms with van der Waals surface area (Å²) >= 11 is 0. The van der Waals surface area contributed by atoms with Crippen molar-refractivity contribution in [3.05, 3.63) is 0 Å². The van der Waals surface area contributed by atoms with Gasteiger partial charge >= 0.3 is 5.97 Å². The van der Waals surface area contributed by atoms with E-state index in [1.807, 2.05) is 21.1 Å². The van der Waals surface area contributed by atoms with Gasteiger partial charge in [0, 0.05) is 0 Å². The average Bonchev–Trinajstić information content (AvgIpc) is 1.96. The van der Waals surface area contributed by atoms with E-state index < -0.39 is 24.5 Å². The molecule has 0 bridgehead atoms. The molecule has 0 aliphatic carbocycles. The molecular formula is C9H19N2O4+.